The van der Waals surface area contributed by atoms with E-state index in [1.165, 1.54) is 17.4 Å². The van der Waals surface area contributed by atoms with Crippen molar-refractivity contribution in [1.82, 2.24) is 24.4 Å². The van der Waals surface area contributed by atoms with E-state index in [-0.39, 0.29) is 5.92 Å². The van der Waals surface area contributed by atoms with Crippen LogP contribution in [0, 0.1) is 5.92 Å². The molecule has 0 bridgehead atoms. The highest BCUT2D eigenvalue weighted by Gasteiger charge is 2.33. The molecule has 0 atom stereocenters. The lowest BCUT2D eigenvalue weighted by Gasteiger charge is -2.31. The SMILES string of the molecule is O=c1cc(C(F)(F)F)ncn1CC1CCN(Cc2ccnc(C3CC3)n2)CC1. The Kier molecular flexibility index (Phi) is 5.18. The third kappa shape index (κ3) is 4.57. The van der Waals surface area contributed by atoms with Gasteiger partial charge in [-0.3, -0.25) is 14.3 Å². The summed E-state index contributed by atoms with van der Waals surface area (Å²) in [4.78, 5) is 26.7. The fraction of sp³-hybridized carbons (Fsp3) is 0.579. The Balaban J connectivity index is 1.31. The molecule has 2 aromatic rings. The molecule has 1 saturated heterocycles. The Morgan fingerprint density at radius 1 is 1.11 bits per heavy atom. The highest BCUT2D eigenvalue weighted by molar-refractivity contribution is 5.10. The molecule has 150 valence electrons. The summed E-state index contributed by atoms with van der Waals surface area (Å²) in [5.41, 5.74) is -0.768. The summed E-state index contributed by atoms with van der Waals surface area (Å²) in [6.45, 7) is 2.92. The van der Waals surface area contributed by atoms with Gasteiger partial charge in [-0.2, -0.15) is 13.2 Å². The van der Waals surface area contributed by atoms with Crippen molar-refractivity contribution >= 4 is 0 Å². The van der Waals surface area contributed by atoms with Gasteiger partial charge in [0.15, 0.2) is 5.69 Å². The van der Waals surface area contributed by atoms with Crippen molar-refractivity contribution in [3.05, 3.63) is 52.2 Å². The molecule has 0 unspecified atom stereocenters. The Morgan fingerprint density at radius 2 is 1.86 bits per heavy atom. The number of likely N-dealkylation sites (tertiary alicyclic amines) is 1. The topological polar surface area (TPSA) is 63.9 Å². The average molecular weight is 393 g/mol. The number of nitrogens with zero attached hydrogens (tertiary/aromatic N) is 5. The Labute approximate surface area is 160 Å². The first-order valence-electron chi connectivity index (χ1n) is 9.56. The van der Waals surface area contributed by atoms with Crippen LogP contribution in [0.1, 0.15) is 48.8 Å². The maximum atomic E-state index is 12.6. The van der Waals surface area contributed by atoms with Gasteiger partial charge in [0.05, 0.1) is 12.0 Å². The first kappa shape index (κ1) is 19.0. The molecule has 2 aliphatic rings. The van der Waals surface area contributed by atoms with Crippen LogP contribution >= 0.6 is 0 Å². The minimum atomic E-state index is -4.59. The number of hydrogen-bond acceptors (Lipinski definition) is 5. The van der Waals surface area contributed by atoms with Gasteiger partial charge < -0.3 is 0 Å². The molecule has 0 aromatic carbocycles. The van der Waals surface area contributed by atoms with E-state index in [1.807, 2.05) is 12.3 Å². The first-order chi connectivity index (χ1) is 13.4. The second kappa shape index (κ2) is 7.62. The Hall–Kier alpha value is -2.29. The van der Waals surface area contributed by atoms with Gasteiger partial charge in [-0.05, 0) is 50.8 Å². The van der Waals surface area contributed by atoms with Crippen molar-refractivity contribution in [2.75, 3.05) is 13.1 Å². The highest BCUT2D eigenvalue weighted by Crippen LogP contribution is 2.37. The van der Waals surface area contributed by atoms with Crippen LogP contribution in [0.2, 0.25) is 0 Å². The van der Waals surface area contributed by atoms with Gasteiger partial charge in [0.25, 0.3) is 5.56 Å². The van der Waals surface area contributed by atoms with E-state index < -0.39 is 17.4 Å². The van der Waals surface area contributed by atoms with E-state index in [9.17, 15) is 18.0 Å². The second-order valence-electron chi connectivity index (χ2n) is 7.66. The standard InChI is InChI=1S/C19H22F3N5O/c20-19(21,22)16-9-17(28)27(12-24-16)10-13-4-7-26(8-5-13)11-15-3-6-23-18(25-15)14-1-2-14/h3,6,9,12-14H,1-2,4-5,7-8,10-11H2. The van der Waals surface area contributed by atoms with Gasteiger partial charge in [0.1, 0.15) is 5.82 Å². The molecule has 28 heavy (non-hydrogen) atoms. The minimum Gasteiger partial charge on any atom is -0.299 e. The zero-order valence-corrected chi connectivity index (χ0v) is 15.4. The quantitative estimate of drug-likeness (QED) is 0.782. The van der Waals surface area contributed by atoms with E-state index in [0.717, 1.165) is 50.3 Å². The lowest BCUT2D eigenvalue weighted by atomic mass is 9.96. The molecule has 0 N–H and O–H groups in total. The molecule has 3 heterocycles. The van der Waals surface area contributed by atoms with Crippen LogP contribution in [0.5, 0.6) is 0 Å². The van der Waals surface area contributed by atoms with Crippen molar-refractivity contribution in [3.8, 4) is 0 Å². The summed E-state index contributed by atoms with van der Waals surface area (Å²) in [6.07, 6.45) is 2.36. The van der Waals surface area contributed by atoms with Crippen LogP contribution < -0.4 is 5.56 Å². The predicted molar refractivity (Wildman–Crippen MR) is 95.5 cm³/mol. The Bertz CT molecular complexity index is 886. The molecular weight excluding hydrogens is 371 g/mol. The number of rotatable bonds is 5. The van der Waals surface area contributed by atoms with Crippen molar-refractivity contribution in [3.63, 3.8) is 0 Å². The van der Waals surface area contributed by atoms with Crippen molar-refractivity contribution in [1.29, 1.82) is 0 Å². The van der Waals surface area contributed by atoms with E-state index in [0.29, 0.717) is 18.5 Å². The fourth-order valence-electron chi connectivity index (χ4n) is 3.59. The molecule has 0 amide bonds. The summed E-state index contributed by atoms with van der Waals surface area (Å²) in [6, 6.07) is 2.52. The molecule has 2 aromatic heterocycles. The molecule has 4 rings (SSSR count). The Morgan fingerprint density at radius 3 is 2.50 bits per heavy atom. The molecule has 6 nitrogen and oxygen atoms in total. The molecule has 2 fully saturated rings. The third-order valence-electron chi connectivity index (χ3n) is 5.39. The third-order valence-corrected chi connectivity index (χ3v) is 5.39. The molecule has 1 aliphatic carbocycles. The van der Waals surface area contributed by atoms with Gasteiger partial charge in [-0.15, -0.1) is 0 Å². The number of aromatic nitrogens is 4. The number of piperidine rings is 1. The van der Waals surface area contributed by atoms with Crippen LogP contribution in [0.15, 0.2) is 29.5 Å². The van der Waals surface area contributed by atoms with Crippen LogP contribution in [-0.4, -0.2) is 37.5 Å². The monoisotopic (exact) mass is 393 g/mol. The van der Waals surface area contributed by atoms with E-state index >= 15 is 0 Å². The van der Waals surface area contributed by atoms with Crippen molar-refractivity contribution < 1.29 is 13.2 Å². The molecular formula is C19H22F3N5O. The summed E-state index contributed by atoms with van der Waals surface area (Å²) in [5.74, 6) is 1.72. The first-order valence-corrected chi connectivity index (χ1v) is 9.56. The van der Waals surface area contributed by atoms with Gasteiger partial charge in [0, 0.05) is 31.3 Å². The molecule has 1 aliphatic heterocycles. The lowest BCUT2D eigenvalue weighted by Crippen LogP contribution is -2.36. The number of alkyl halides is 3. The number of halogens is 3. The van der Waals surface area contributed by atoms with E-state index in [1.54, 1.807) is 0 Å². The van der Waals surface area contributed by atoms with Gasteiger partial charge >= 0.3 is 6.18 Å². The zero-order chi connectivity index (χ0) is 19.7. The molecule has 0 radical (unpaired) electrons. The molecule has 1 saturated carbocycles. The maximum Gasteiger partial charge on any atom is 0.433 e. The lowest BCUT2D eigenvalue weighted by molar-refractivity contribution is -0.141. The second-order valence-corrected chi connectivity index (χ2v) is 7.66. The maximum absolute atomic E-state index is 12.6. The smallest absolute Gasteiger partial charge is 0.299 e. The van der Waals surface area contributed by atoms with Crippen LogP contribution in [0.25, 0.3) is 0 Å². The van der Waals surface area contributed by atoms with Crippen LogP contribution in [0.4, 0.5) is 13.2 Å². The summed E-state index contributed by atoms with van der Waals surface area (Å²) >= 11 is 0. The average Bonchev–Trinajstić information content (AvgIpc) is 3.50. The van der Waals surface area contributed by atoms with Gasteiger partial charge in [-0.25, -0.2) is 15.0 Å². The fourth-order valence-corrected chi connectivity index (χ4v) is 3.59. The van der Waals surface area contributed by atoms with E-state index in [2.05, 4.69) is 19.9 Å². The van der Waals surface area contributed by atoms with Crippen LogP contribution in [0.3, 0.4) is 0 Å². The largest absolute Gasteiger partial charge is 0.433 e. The summed E-state index contributed by atoms with van der Waals surface area (Å²) in [5, 5.41) is 0. The van der Waals surface area contributed by atoms with Crippen molar-refractivity contribution in [2.24, 2.45) is 5.92 Å². The highest BCUT2D eigenvalue weighted by atomic mass is 19.4. The van der Waals surface area contributed by atoms with Gasteiger partial charge in [-0.1, -0.05) is 0 Å². The zero-order valence-electron chi connectivity index (χ0n) is 15.4. The van der Waals surface area contributed by atoms with Crippen LogP contribution in [-0.2, 0) is 19.3 Å². The van der Waals surface area contributed by atoms with Gasteiger partial charge in [0.2, 0.25) is 0 Å². The summed E-state index contributed by atoms with van der Waals surface area (Å²) < 4.78 is 39.2. The summed E-state index contributed by atoms with van der Waals surface area (Å²) in [7, 11) is 0. The molecule has 9 heteroatoms. The predicted octanol–water partition coefficient (Wildman–Crippen LogP) is 2.84. The number of hydrogen-bond donors (Lipinski definition) is 0. The molecule has 0 spiro atoms. The minimum absolute atomic E-state index is 0.250. The normalized spacial score (nSPS) is 19.1. The van der Waals surface area contributed by atoms with E-state index in [4.69, 9.17) is 0 Å². The van der Waals surface area contributed by atoms with Crippen molar-refractivity contribution in [2.45, 2.75) is 50.9 Å².